The van der Waals surface area contributed by atoms with Crippen LogP contribution >= 0.6 is 0 Å². The number of fused-ring (bicyclic) bond motifs is 2. The lowest BCUT2D eigenvalue weighted by Gasteiger charge is -2.30. The quantitative estimate of drug-likeness (QED) is 0.570. The highest BCUT2D eigenvalue weighted by Gasteiger charge is 2.21. The summed E-state index contributed by atoms with van der Waals surface area (Å²) in [7, 11) is 0. The Morgan fingerprint density at radius 3 is 2.67 bits per heavy atom. The zero-order valence-corrected chi connectivity index (χ0v) is 16.9. The first-order chi connectivity index (χ1) is 14.7. The molecular weight excluding hydrogens is 374 g/mol. The van der Waals surface area contributed by atoms with Crippen LogP contribution in [0.1, 0.15) is 18.3 Å². The highest BCUT2D eigenvalue weighted by atomic mass is 16.1. The van der Waals surface area contributed by atoms with Gasteiger partial charge in [-0.2, -0.15) is 5.10 Å². The van der Waals surface area contributed by atoms with E-state index in [0.717, 1.165) is 53.2 Å². The van der Waals surface area contributed by atoms with E-state index >= 15 is 0 Å². The van der Waals surface area contributed by atoms with Crippen molar-refractivity contribution in [3.8, 4) is 11.3 Å². The number of hydrogen-bond acceptors (Lipinski definition) is 4. The number of para-hydroxylation sites is 1. The molecule has 1 aliphatic heterocycles. The molecule has 0 radical (unpaired) electrons. The lowest BCUT2D eigenvalue weighted by Crippen LogP contribution is -2.34. The number of carbonyl (C=O) groups excluding carboxylic acids is 1. The van der Waals surface area contributed by atoms with Gasteiger partial charge in [-0.15, -0.1) is 0 Å². The maximum absolute atomic E-state index is 11.2. The summed E-state index contributed by atoms with van der Waals surface area (Å²) in [5, 5.41) is 8.62. The van der Waals surface area contributed by atoms with Crippen LogP contribution in [0, 0.1) is 0 Å². The van der Waals surface area contributed by atoms with Gasteiger partial charge in [0, 0.05) is 30.1 Å². The molecule has 0 atom stereocenters. The second-order valence-electron chi connectivity index (χ2n) is 7.59. The van der Waals surface area contributed by atoms with Gasteiger partial charge in [0.25, 0.3) is 0 Å². The molecule has 1 amide bonds. The number of nitrogens with zero attached hydrogens (tertiary/aromatic N) is 4. The number of anilines is 1. The maximum atomic E-state index is 11.2. The molecule has 30 heavy (non-hydrogen) atoms. The van der Waals surface area contributed by atoms with Crippen molar-refractivity contribution in [1.82, 2.24) is 20.1 Å². The minimum atomic E-state index is -0.0423. The van der Waals surface area contributed by atoms with Crippen molar-refractivity contribution < 1.29 is 4.79 Å². The molecule has 0 saturated carbocycles. The van der Waals surface area contributed by atoms with Gasteiger partial charge in [-0.1, -0.05) is 48.5 Å². The first-order valence-corrected chi connectivity index (χ1v) is 10.2. The number of hydrogen-bond donors (Lipinski definition) is 1. The van der Waals surface area contributed by atoms with Gasteiger partial charge in [-0.3, -0.25) is 9.48 Å². The zero-order valence-electron chi connectivity index (χ0n) is 16.9. The predicted octanol–water partition coefficient (Wildman–Crippen LogP) is 3.75. The largest absolute Gasteiger partial charge is 0.363 e. The van der Waals surface area contributed by atoms with Gasteiger partial charge in [0.2, 0.25) is 5.91 Å². The van der Waals surface area contributed by atoms with Crippen LogP contribution in [0.25, 0.3) is 22.2 Å². The second kappa shape index (κ2) is 7.63. The average Bonchev–Trinajstić information content (AvgIpc) is 3.20. The Labute approximate surface area is 175 Å². The third-order valence-corrected chi connectivity index (χ3v) is 5.47. The van der Waals surface area contributed by atoms with Gasteiger partial charge in [0.1, 0.15) is 0 Å². The number of rotatable bonds is 4. The predicted molar refractivity (Wildman–Crippen MR) is 118 cm³/mol. The van der Waals surface area contributed by atoms with Crippen LogP contribution in [0.2, 0.25) is 0 Å². The molecule has 4 aromatic rings. The molecule has 3 heterocycles. The van der Waals surface area contributed by atoms with E-state index in [1.54, 1.807) is 0 Å². The van der Waals surface area contributed by atoms with Gasteiger partial charge in [-0.05, 0) is 18.2 Å². The van der Waals surface area contributed by atoms with E-state index < -0.39 is 0 Å². The molecule has 0 saturated heterocycles. The summed E-state index contributed by atoms with van der Waals surface area (Å²) in [6.07, 6.45) is 0. The van der Waals surface area contributed by atoms with Gasteiger partial charge in [0.15, 0.2) is 0 Å². The van der Waals surface area contributed by atoms with Crippen LogP contribution in [0.3, 0.4) is 0 Å². The number of aromatic nitrogens is 3. The van der Waals surface area contributed by atoms with Crippen molar-refractivity contribution in [3.05, 3.63) is 78.1 Å². The van der Waals surface area contributed by atoms with Gasteiger partial charge < -0.3 is 10.2 Å². The van der Waals surface area contributed by atoms with Crippen molar-refractivity contribution in [2.24, 2.45) is 0 Å². The Balaban J connectivity index is 1.51. The fourth-order valence-corrected chi connectivity index (χ4v) is 4.01. The Morgan fingerprint density at radius 1 is 1.03 bits per heavy atom. The van der Waals surface area contributed by atoms with Gasteiger partial charge >= 0.3 is 0 Å². The SMILES string of the molecule is CC(=O)NCc1cc2n(n1)CCN(c1cc(-c3ccccc3)nc3ccccc13)C2. The van der Waals surface area contributed by atoms with Crippen LogP contribution < -0.4 is 10.2 Å². The summed E-state index contributed by atoms with van der Waals surface area (Å²) >= 11 is 0. The molecule has 1 aliphatic rings. The molecular formula is C24H23N5O. The number of amides is 1. The lowest BCUT2D eigenvalue weighted by atomic mass is 10.1. The minimum Gasteiger partial charge on any atom is -0.363 e. The third kappa shape index (κ3) is 3.52. The van der Waals surface area contributed by atoms with Crippen LogP contribution in [-0.4, -0.2) is 27.2 Å². The zero-order chi connectivity index (χ0) is 20.5. The first kappa shape index (κ1) is 18.4. The molecule has 0 fully saturated rings. The number of carbonyl (C=O) groups is 1. The second-order valence-corrected chi connectivity index (χ2v) is 7.59. The molecule has 6 heteroatoms. The maximum Gasteiger partial charge on any atom is 0.217 e. The average molecular weight is 397 g/mol. The Morgan fingerprint density at radius 2 is 1.83 bits per heavy atom. The normalized spacial score (nSPS) is 13.3. The fourth-order valence-electron chi connectivity index (χ4n) is 4.01. The van der Waals surface area contributed by atoms with E-state index in [4.69, 9.17) is 4.98 Å². The Hall–Kier alpha value is -3.67. The van der Waals surface area contributed by atoms with Crippen LogP contribution in [0.15, 0.2) is 66.7 Å². The van der Waals surface area contributed by atoms with Crippen molar-refractivity contribution >= 4 is 22.5 Å². The fraction of sp³-hybridized carbons (Fsp3) is 0.208. The van der Waals surface area contributed by atoms with Crippen molar-refractivity contribution in [2.45, 2.75) is 26.6 Å². The smallest absolute Gasteiger partial charge is 0.217 e. The molecule has 150 valence electrons. The van der Waals surface area contributed by atoms with E-state index in [0.29, 0.717) is 6.54 Å². The highest BCUT2D eigenvalue weighted by Crippen LogP contribution is 2.32. The van der Waals surface area contributed by atoms with Crippen LogP contribution in [-0.2, 0) is 24.4 Å². The molecule has 1 N–H and O–H groups in total. The summed E-state index contributed by atoms with van der Waals surface area (Å²) in [4.78, 5) is 18.5. The summed E-state index contributed by atoms with van der Waals surface area (Å²) < 4.78 is 2.05. The van der Waals surface area contributed by atoms with E-state index in [-0.39, 0.29) is 5.91 Å². The van der Waals surface area contributed by atoms with Crippen molar-refractivity contribution in [3.63, 3.8) is 0 Å². The molecule has 6 nitrogen and oxygen atoms in total. The Bertz CT molecular complexity index is 1210. The minimum absolute atomic E-state index is 0.0423. The van der Waals surface area contributed by atoms with Crippen molar-refractivity contribution in [1.29, 1.82) is 0 Å². The van der Waals surface area contributed by atoms with Gasteiger partial charge in [0.05, 0.1) is 42.2 Å². The van der Waals surface area contributed by atoms with Crippen LogP contribution in [0.4, 0.5) is 5.69 Å². The van der Waals surface area contributed by atoms with Crippen LogP contribution in [0.5, 0.6) is 0 Å². The Kier molecular flexibility index (Phi) is 4.67. The summed E-state index contributed by atoms with van der Waals surface area (Å²) in [6, 6.07) is 22.9. The molecule has 0 aliphatic carbocycles. The van der Waals surface area contributed by atoms with E-state index in [2.05, 4.69) is 62.5 Å². The summed E-state index contributed by atoms with van der Waals surface area (Å²) in [5.74, 6) is -0.0423. The first-order valence-electron chi connectivity index (χ1n) is 10.2. The molecule has 0 unspecified atom stereocenters. The summed E-state index contributed by atoms with van der Waals surface area (Å²) in [6.45, 7) is 4.45. The third-order valence-electron chi connectivity index (χ3n) is 5.47. The molecule has 0 bridgehead atoms. The summed E-state index contributed by atoms with van der Waals surface area (Å²) in [5.41, 5.74) is 6.34. The van der Waals surface area contributed by atoms with E-state index in [9.17, 15) is 4.79 Å². The lowest BCUT2D eigenvalue weighted by molar-refractivity contribution is -0.119. The number of nitrogens with one attached hydrogen (secondary N) is 1. The topological polar surface area (TPSA) is 63.1 Å². The number of pyridine rings is 1. The molecule has 5 rings (SSSR count). The van der Waals surface area contributed by atoms with Crippen molar-refractivity contribution in [2.75, 3.05) is 11.4 Å². The monoisotopic (exact) mass is 397 g/mol. The van der Waals surface area contributed by atoms with E-state index in [1.807, 2.05) is 24.3 Å². The highest BCUT2D eigenvalue weighted by molar-refractivity contribution is 5.94. The molecule has 2 aromatic heterocycles. The standard InChI is InChI=1S/C24H23N5O/c1-17(30)25-15-19-13-20-16-28(11-12-29(20)27-19)24-14-23(18-7-3-2-4-8-18)26-22-10-6-5-9-21(22)24/h2-10,13-14H,11-12,15-16H2,1H3,(H,25,30). The molecule has 2 aromatic carbocycles. The van der Waals surface area contributed by atoms with Gasteiger partial charge in [-0.25, -0.2) is 4.98 Å². The van der Waals surface area contributed by atoms with E-state index in [1.165, 1.54) is 12.6 Å². The molecule has 0 spiro atoms. The number of benzene rings is 2.